The number of hydrogen-bond donors (Lipinski definition) is 2. The predicted molar refractivity (Wildman–Crippen MR) is 60.0 cm³/mol. The molecule has 0 aliphatic carbocycles. The fourth-order valence-corrected chi connectivity index (χ4v) is 1.11. The minimum atomic E-state index is -0.511. The highest BCUT2D eigenvalue weighted by Gasteiger charge is 2.01. The summed E-state index contributed by atoms with van der Waals surface area (Å²) in [5, 5.41) is 11.6. The summed E-state index contributed by atoms with van der Waals surface area (Å²) in [7, 11) is 0. The molecule has 0 atom stereocenters. The Hall–Kier alpha value is -2.20. The van der Waals surface area contributed by atoms with E-state index >= 15 is 0 Å². The first-order chi connectivity index (χ1) is 8.11. The van der Waals surface area contributed by atoms with E-state index in [-0.39, 0.29) is 6.61 Å². The van der Waals surface area contributed by atoms with Gasteiger partial charge in [-0.3, -0.25) is 4.79 Å². The van der Waals surface area contributed by atoms with Gasteiger partial charge in [0.1, 0.15) is 18.4 Å². The quantitative estimate of drug-likeness (QED) is 0.647. The monoisotopic (exact) mass is 235 g/mol. The molecule has 7 nitrogen and oxygen atoms in total. The van der Waals surface area contributed by atoms with Crippen LogP contribution < -0.4 is 11.1 Å². The Morgan fingerprint density at radius 1 is 1.65 bits per heavy atom. The average molecular weight is 235 g/mol. The van der Waals surface area contributed by atoms with Gasteiger partial charge in [-0.1, -0.05) is 0 Å². The van der Waals surface area contributed by atoms with Crippen molar-refractivity contribution in [2.75, 3.05) is 25.1 Å². The maximum Gasteiger partial charge on any atom is 0.243 e. The Kier molecular flexibility index (Phi) is 4.84. The van der Waals surface area contributed by atoms with Crippen LogP contribution in [0.4, 0.5) is 5.95 Å². The van der Waals surface area contributed by atoms with Crippen molar-refractivity contribution in [2.24, 2.45) is 5.73 Å². The lowest BCUT2D eigenvalue weighted by molar-refractivity contribution is -0.122. The van der Waals surface area contributed by atoms with Gasteiger partial charge in [0.2, 0.25) is 11.9 Å². The number of nitriles is 1. The third-order valence-electron chi connectivity index (χ3n) is 1.74. The molecule has 0 radical (unpaired) electrons. The summed E-state index contributed by atoms with van der Waals surface area (Å²) in [4.78, 5) is 18.4. The third kappa shape index (κ3) is 4.90. The van der Waals surface area contributed by atoms with Gasteiger partial charge < -0.3 is 15.8 Å². The third-order valence-corrected chi connectivity index (χ3v) is 1.74. The minimum Gasteiger partial charge on any atom is -0.370 e. The van der Waals surface area contributed by atoms with Crippen LogP contribution in [0.15, 0.2) is 6.07 Å². The molecule has 90 valence electrons. The second-order valence-corrected chi connectivity index (χ2v) is 3.28. The standard InChI is InChI=1S/C10H13N5O2/c1-7-4-8(5-11)15-10(14-7)13-2-3-17-6-9(12)16/h4H,2-3,6H2,1H3,(H2,12,16)(H,13,14,15). The number of nitrogens with one attached hydrogen (secondary N) is 1. The molecule has 0 saturated heterocycles. The molecule has 1 aromatic rings. The van der Waals surface area contributed by atoms with Crippen LogP contribution in [0.3, 0.4) is 0 Å². The highest BCUT2D eigenvalue weighted by atomic mass is 16.5. The molecule has 1 aromatic heterocycles. The number of nitrogens with two attached hydrogens (primary N) is 1. The summed E-state index contributed by atoms with van der Waals surface area (Å²) >= 11 is 0. The van der Waals surface area contributed by atoms with Crippen molar-refractivity contribution in [1.29, 1.82) is 5.26 Å². The maximum atomic E-state index is 10.4. The predicted octanol–water partition coefficient (Wildman–Crippen LogP) is -0.429. The lowest BCUT2D eigenvalue weighted by atomic mass is 10.3. The maximum absolute atomic E-state index is 10.4. The number of aromatic nitrogens is 2. The zero-order chi connectivity index (χ0) is 12.7. The molecule has 0 unspecified atom stereocenters. The van der Waals surface area contributed by atoms with Gasteiger partial charge in [0.05, 0.1) is 6.61 Å². The van der Waals surface area contributed by atoms with Gasteiger partial charge in [0.25, 0.3) is 0 Å². The van der Waals surface area contributed by atoms with Crippen molar-refractivity contribution in [2.45, 2.75) is 6.92 Å². The van der Waals surface area contributed by atoms with Crippen molar-refractivity contribution in [3.8, 4) is 6.07 Å². The molecule has 0 aromatic carbocycles. The van der Waals surface area contributed by atoms with E-state index in [1.807, 2.05) is 6.07 Å². The first kappa shape index (κ1) is 12.9. The first-order valence-electron chi connectivity index (χ1n) is 4.97. The second-order valence-electron chi connectivity index (χ2n) is 3.28. The van der Waals surface area contributed by atoms with Crippen molar-refractivity contribution in [3.05, 3.63) is 17.5 Å². The molecule has 17 heavy (non-hydrogen) atoms. The summed E-state index contributed by atoms with van der Waals surface area (Å²) in [6.07, 6.45) is 0. The molecular formula is C10H13N5O2. The number of carbonyl (C=O) groups excluding carboxylic acids is 1. The van der Waals surface area contributed by atoms with Gasteiger partial charge in [-0.15, -0.1) is 0 Å². The molecule has 3 N–H and O–H groups in total. The van der Waals surface area contributed by atoms with Crippen molar-refractivity contribution in [3.63, 3.8) is 0 Å². The van der Waals surface area contributed by atoms with Crippen molar-refractivity contribution in [1.82, 2.24) is 9.97 Å². The van der Waals surface area contributed by atoms with Crippen molar-refractivity contribution < 1.29 is 9.53 Å². The van der Waals surface area contributed by atoms with E-state index in [2.05, 4.69) is 15.3 Å². The smallest absolute Gasteiger partial charge is 0.243 e. The average Bonchev–Trinajstić information content (AvgIpc) is 2.27. The van der Waals surface area contributed by atoms with Crippen molar-refractivity contribution >= 4 is 11.9 Å². The fourth-order valence-electron chi connectivity index (χ4n) is 1.11. The lowest BCUT2D eigenvalue weighted by Crippen LogP contribution is -2.21. The molecule has 0 bridgehead atoms. The summed E-state index contributed by atoms with van der Waals surface area (Å²) < 4.78 is 4.95. The van der Waals surface area contributed by atoms with E-state index in [1.165, 1.54) is 0 Å². The number of ether oxygens (including phenoxy) is 1. The van der Waals surface area contributed by atoms with Gasteiger partial charge in [-0.05, 0) is 13.0 Å². The van der Waals surface area contributed by atoms with E-state index in [9.17, 15) is 4.79 Å². The Bertz CT molecular complexity index is 441. The summed E-state index contributed by atoms with van der Waals surface area (Å²) in [6, 6.07) is 3.53. The number of rotatable bonds is 6. The van der Waals surface area contributed by atoms with Crippen LogP contribution in [-0.2, 0) is 9.53 Å². The van der Waals surface area contributed by atoms with Gasteiger partial charge in [-0.25, -0.2) is 9.97 Å². The van der Waals surface area contributed by atoms with Gasteiger partial charge in [0.15, 0.2) is 0 Å². The first-order valence-corrected chi connectivity index (χ1v) is 4.97. The molecule has 1 amide bonds. The largest absolute Gasteiger partial charge is 0.370 e. The van der Waals surface area contributed by atoms with Crippen LogP contribution in [-0.4, -0.2) is 35.6 Å². The van der Waals surface area contributed by atoms with E-state index < -0.39 is 5.91 Å². The molecule has 1 rings (SSSR count). The minimum absolute atomic E-state index is 0.111. The Labute approximate surface area is 98.6 Å². The number of nitrogens with zero attached hydrogens (tertiary/aromatic N) is 3. The Morgan fingerprint density at radius 2 is 2.41 bits per heavy atom. The summed E-state index contributed by atoms with van der Waals surface area (Å²) in [5.41, 5.74) is 5.91. The topological polar surface area (TPSA) is 114 Å². The number of anilines is 1. The molecule has 0 aliphatic rings. The number of aryl methyl sites for hydroxylation is 1. The zero-order valence-electron chi connectivity index (χ0n) is 9.43. The molecule has 0 fully saturated rings. The van der Waals surface area contributed by atoms with E-state index in [4.69, 9.17) is 15.7 Å². The summed E-state index contributed by atoms with van der Waals surface area (Å²) in [5.74, 6) is -0.146. The van der Waals surface area contributed by atoms with Crippen LogP contribution in [0.1, 0.15) is 11.4 Å². The van der Waals surface area contributed by atoms with Crippen LogP contribution in [0, 0.1) is 18.3 Å². The second kappa shape index (κ2) is 6.40. The Morgan fingerprint density at radius 3 is 3.06 bits per heavy atom. The van der Waals surface area contributed by atoms with Crippen LogP contribution in [0.25, 0.3) is 0 Å². The normalized spacial score (nSPS) is 9.65. The number of carbonyl (C=O) groups is 1. The number of primary amides is 1. The van der Waals surface area contributed by atoms with Gasteiger partial charge in [-0.2, -0.15) is 5.26 Å². The molecule has 7 heteroatoms. The fraction of sp³-hybridized carbons (Fsp3) is 0.400. The Balaban J connectivity index is 2.39. The molecule has 0 saturated carbocycles. The highest BCUT2D eigenvalue weighted by Crippen LogP contribution is 2.03. The number of hydrogen-bond acceptors (Lipinski definition) is 6. The molecule has 0 spiro atoms. The van der Waals surface area contributed by atoms with Crippen LogP contribution in [0.2, 0.25) is 0 Å². The van der Waals surface area contributed by atoms with Gasteiger partial charge in [0, 0.05) is 12.2 Å². The van der Waals surface area contributed by atoms with E-state index in [0.717, 1.165) is 0 Å². The molecule has 1 heterocycles. The van der Waals surface area contributed by atoms with Crippen LogP contribution >= 0.6 is 0 Å². The molecule has 0 aliphatic heterocycles. The highest BCUT2D eigenvalue weighted by molar-refractivity contribution is 5.74. The summed E-state index contributed by atoms with van der Waals surface area (Å²) in [6.45, 7) is 2.40. The van der Waals surface area contributed by atoms with Gasteiger partial charge >= 0.3 is 0 Å². The lowest BCUT2D eigenvalue weighted by Gasteiger charge is -2.05. The zero-order valence-corrected chi connectivity index (χ0v) is 9.43. The number of amides is 1. The van der Waals surface area contributed by atoms with E-state index in [0.29, 0.717) is 30.5 Å². The van der Waals surface area contributed by atoms with E-state index in [1.54, 1.807) is 13.0 Å². The molecular weight excluding hydrogens is 222 g/mol. The SMILES string of the molecule is Cc1cc(C#N)nc(NCCOCC(N)=O)n1. The van der Waals surface area contributed by atoms with Crippen LogP contribution in [0.5, 0.6) is 0 Å².